The Balaban J connectivity index is 0.000000320. The lowest BCUT2D eigenvalue weighted by Crippen LogP contribution is -2.03. The molecular weight excluding hydrogens is 384 g/mol. The van der Waals surface area contributed by atoms with Crippen LogP contribution in [0.5, 0.6) is 0 Å². The Hall–Kier alpha value is -0.260. The van der Waals surface area contributed by atoms with E-state index in [-0.39, 0.29) is 0 Å². The minimum atomic E-state index is 1.09. The zero-order chi connectivity index (χ0) is 23.0. The van der Waals surface area contributed by atoms with Gasteiger partial charge < -0.3 is 0 Å². The molecule has 2 saturated carbocycles. The Labute approximate surface area is 204 Å². The highest BCUT2D eigenvalue weighted by Gasteiger charge is 2.10. The van der Waals surface area contributed by atoms with Gasteiger partial charge in [-0.2, -0.15) is 0 Å². The molecule has 0 aromatic rings. The van der Waals surface area contributed by atoms with E-state index in [1.165, 1.54) is 173 Å². The summed E-state index contributed by atoms with van der Waals surface area (Å²) in [7, 11) is 0. The molecule has 0 aromatic heterocycles. The fraction of sp³-hybridized carbons (Fsp3) is 0.938. The summed E-state index contributed by atoms with van der Waals surface area (Å²) in [5.74, 6) is 1.09. The largest absolute Gasteiger partial charge is 0.0853 e. The van der Waals surface area contributed by atoms with E-state index < -0.39 is 0 Å². The minimum absolute atomic E-state index is 1.09. The second-order valence-corrected chi connectivity index (χ2v) is 11.1. The molecule has 2 rings (SSSR count). The van der Waals surface area contributed by atoms with Crippen LogP contribution in [0, 0.1) is 5.92 Å². The molecule has 0 aliphatic heterocycles. The first kappa shape index (κ1) is 29.8. The Morgan fingerprint density at radius 2 is 1.00 bits per heavy atom. The van der Waals surface area contributed by atoms with Gasteiger partial charge in [-0.05, 0) is 44.4 Å². The van der Waals surface area contributed by atoms with E-state index in [0.29, 0.717) is 0 Å². The molecule has 2 aliphatic carbocycles. The van der Waals surface area contributed by atoms with Crippen LogP contribution in [0.15, 0.2) is 11.6 Å². The highest BCUT2D eigenvalue weighted by atomic mass is 14.2. The van der Waals surface area contributed by atoms with Crippen molar-refractivity contribution in [3.8, 4) is 0 Å². The van der Waals surface area contributed by atoms with Crippen LogP contribution < -0.4 is 0 Å². The molecule has 190 valence electrons. The van der Waals surface area contributed by atoms with Crippen LogP contribution >= 0.6 is 0 Å². The van der Waals surface area contributed by atoms with Gasteiger partial charge in [0, 0.05) is 0 Å². The normalized spacial score (nSPS) is 18.6. The zero-order valence-corrected chi connectivity index (χ0v) is 22.7. The Kier molecular flexibility index (Phi) is 22.2. The van der Waals surface area contributed by atoms with E-state index in [0.717, 1.165) is 5.92 Å². The van der Waals surface area contributed by atoms with Crippen molar-refractivity contribution in [3.63, 3.8) is 0 Å². The molecule has 0 radical (unpaired) electrons. The first-order valence-corrected chi connectivity index (χ1v) is 15.5. The molecule has 0 amide bonds. The van der Waals surface area contributed by atoms with Crippen molar-refractivity contribution in [2.45, 2.75) is 187 Å². The first-order valence-electron chi connectivity index (χ1n) is 15.5. The minimum Gasteiger partial charge on any atom is -0.0853 e. The van der Waals surface area contributed by atoms with Crippen molar-refractivity contribution < 1.29 is 0 Å². The van der Waals surface area contributed by atoms with Crippen LogP contribution in [0.3, 0.4) is 0 Å². The highest BCUT2D eigenvalue weighted by molar-refractivity contribution is 5.02. The molecule has 0 nitrogen and oxygen atoms in total. The van der Waals surface area contributed by atoms with Gasteiger partial charge in [-0.25, -0.2) is 0 Å². The molecule has 0 heterocycles. The molecule has 0 unspecified atom stereocenters. The third kappa shape index (κ3) is 19.2. The lowest BCUT2D eigenvalue weighted by atomic mass is 9.87. The van der Waals surface area contributed by atoms with Gasteiger partial charge in [0.15, 0.2) is 0 Å². The average Bonchev–Trinajstić information content (AvgIpc) is 2.76. The van der Waals surface area contributed by atoms with Crippen molar-refractivity contribution in [2.75, 3.05) is 0 Å². The number of allylic oxidation sites excluding steroid dienone is 2. The van der Waals surface area contributed by atoms with Crippen molar-refractivity contribution in [1.29, 1.82) is 0 Å². The van der Waals surface area contributed by atoms with E-state index in [9.17, 15) is 0 Å². The lowest BCUT2D eigenvalue weighted by molar-refractivity contribution is 0.347. The average molecular weight is 447 g/mol. The third-order valence-corrected chi connectivity index (χ3v) is 7.93. The summed E-state index contributed by atoms with van der Waals surface area (Å²) in [5.41, 5.74) is 1.77. The second-order valence-electron chi connectivity index (χ2n) is 11.1. The quantitative estimate of drug-likeness (QED) is 0.195. The molecule has 2 aliphatic rings. The van der Waals surface area contributed by atoms with E-state index >= 15 is 0 Å². The van der Waals surface area contributed by atoms with Crippen LogP contribution in [0.25, 0.3) is 0 Å². The standard InChI is InChI=1S/C16H32.C16H30/c2*1-2-3-4-5-7-10-13-16-14-11-8-6-9-12-15-16/h16H,2-15H2,1H3;13H,2-12,14-15H2,1H3. The van der Waals surface area contributed by atoms with E-state index in [1.807, 2.05) is 0 Å². The van der Waals surface area contributed by atoms with E-state index in [2.05, 4.69) is 19.9 Å². The van der Waals surface area contributed by atoms with Crippen LogP contribution in [0.4, 0.5) is 0 Å². The van der Waals surface area contributed by atoms with Crippen molar-refractivity contribution in [1.82, 2.24) is 0 Å². The van der Waals surface area contributed by atoms with Gasteiger partial charge in [0.1, 0.15) is 0 Å². The molecule has 0 spiro atoms. The predicted octanol–water partition coefficient (Wildman–Crippen LogP) is 12.1. The molecule has 32 heavy (non-hydrogen) atoms. The van der Waals surface area contributed by atoms with Gasteiger partial charge in [0.2, 0.25) is 0 Å². The molecule has 0 saturated heterocycles. The summed E-state index contributed by atoms with van der Waals surface area (Å²) in [6, 6.07) is 0. The van der Waals surface area contributed by atoms with E-state index in [4.69, 9.17) is 0 Å². The van der Waals surface area contributed by atoms with Gasteiger partial charge in [-0.3, -0.25) is 0 Å². The van der Waals surface area contributed by atoms with Crippen LogP contribution in [0.2, 0.25) is 0 Å². The summed E-state index contributed by atoms with van der Waals surface area (Å²) >= 11 is 0. The molecule has 0 atom stereocenters. The summed E-state index contributed by atoms with van der Waals surface area (Å²) < 4.78 is 0. The molecule has 0 N–H and O–H groups in total. The fourth-order valence-corrected chi connectivity index (χ4v) is 5.66. The fourth-order valence-electron chi connectivity index (χ4n) is 5.66. The Morgan fingerprint density at radius 1 is 0.531 bits per heavy atom. The van der Waals surface area contributed by atoms with Gasteiger partial charge in [-0.15, -0.1) is 0 Å². The first-order chi connectivity index (χ1) is 15.9. The predicted molar refractivity (Wildman–Crippen MR) is 148 cm³/mol. The maximum Gasteiger partial charge on any atom is -0.0320 e. The van der Waals surface area contributed by atoms with Crippen molar-refractivity contribution in [2.24, 2.45) is 5.92 Å². The van der Waals surface area contributed by atoms with Crippen LogP contribution in [-0.2, 0) is 0 Å². The maximum atomic E-state index is 2.57. The smallest absolute Gasteiger partial charge is 0.0320 e. The molecule has 0 aromatic carbocycles. The second kappa shape index (κ2) is 23.9. The SMILES string of the molecule is CCCCCCCC=C1CCCCCCC1.CCCCCCCCC1CCCCCCC1. The number of rotatable bonds is 13. The van der Waals surface area contributed by atoms with Gasteiger partial charge in [0.25, 0.3) is 0 Å². The monoisotopic (exact) mass is 446 g/mol. The van der Waals surface area contributed by atoms with Gasteiger partial charge in [-0.1, -0.05) is 160 Å². The topological polar surface area (TPSA) is 0 Å². The Bertz CT molecular complexity index is 375. The molecule has 0 heteroatoms. The molecule has 2 fully saturated rings. The summed E-state index contributed by atoms with van der Waals surface area (Å²) in [6.07, 6.45) is 42.0. The zero-order valence-electron chi connectivity index (χ0n) is 22.7. The third-order valence-electron chi connectivity index (χ3n) is 7.93. The van der Waals surface area contributed by atoms with Gasteiger partial charge >= 0.3 is 0 Å². The summed E-state index contributed by atoms with van der Waals surface area (Å²) in [5, 5.41) is 0. The summed E-state index contributed by atoms with van der Waals surface area (Å²) in [6.45, 7) is 4.59. The van der Waals surface area contributed by atoms with Crippen molar-refractivity contribution >= 4 is 0 Å². The summed E-state index contributed by atoms with van der Waals surface area (Å²) in [4.78, 5) is 0. The number of hydrogen-bond donors (Lipinski definition) is 0. The maximum absolute atomic E-state index is 2.57. The van der Waals surface area contributed by atoms with Gasteiger partial charge in [0.05, 0.1) is 0 Å². The van der Waals surface area contributed by atoms with Crippen LogP contribution in [-0.4, -0.2) is 0 Å². The van der Waals surface area contributed by atoms with Crippen LogP contribution in [0.1, 0.15) is 187 Å². The molecular formula is C32H62. The number of hydrogen-bond acceptors (Lipinski definition) is 0. The lowest BCUT2D eigenvalue weighted by Gasteiger charge is -2.19. The number of unbranched alkanes of at least 4 members (excludes halogenated alkanes) is 10. The molecule has 0 bridgehead atoms. The van der Waals surface area contributed by atoms with Crippen molar-refractivity contribution in [3.05, 3.63) is 11.6 Å². The van der Waals surface area contributed by atoms with E-state index in [1.54, 1.807) is 5.57 Å². The Morgan fingerprint density at radius 3 is 1.59 bits per heavy atom. The highest BCUT2D eigenvalue weighted by Crippen LogP contribution is 2.26.